The van der Waals surface area contributed by atoms with Gasteiger partial charge < -0.3 is 10.0 Å². The molecule has 0 radical (unpaired) electrons. The lowest BCUT2D eigenvalue weighted by Crippen LogP contribution is -2.65. The number of fused-ring (bicyclic) bond motifs is 1. The van der Waals surface area contributed by atoms with Crippen LogP contribution in [0.15, 0.2) is 24.4 Å². The Kier molecular flexibility index (Phi) is 2.60. The molecule has 100 valence electrons. The van der Waals surface area contributed by atoms with E-state index in [1.165, 1.54) is 0 Å². The molecule has 0 aliphatic carbocycles. The molecule has 1 aromatic heterocycles. The molecular weight excluding hydrogens is 242 g/mol. The number of aromatic amines is 1. The van der Waals surface area contributed by atoms with Crippen molar-refractivity contribution in [1.29, 1.82) is 0 Å². The number of carbonyl (C=O) groups is 1. The van der Waals surface area contributed by atoms with E-state index in [1.54, 1.807) is 23.2 Å². The highest BCUT2D eigenvalue weighted by Gasteiger charge is 2.45. The molecule has 0 saturated carbocycles. The van der Waals surface area contributed by atoms with Crippen LogP contribution in [0.1, 0.15) is 24.2 Å². The zero-order valence-electron chi connectivity index (χ0n) is 11.1. The molecule has 1 fully saturated rings. The highest BCUT2D eigenvalue weighted by atomic mass is 16.3. The van der Waals surface area contributed by atoms with Gasteiger partial charge in [-0.2, -0.15) is 5.10 Å². The van der Waals surface area contributed by atoms with Gasteiger partial charge in [-0.25, -0.2) is 0 Å². The summed E-state index contributed by atoms with van der Waals surface area (Å²) < 4.78 is 0. The summed E-state index contributed by atoms with van der Waals surface area (Å²) >= 11 is 0. The maximum atomic E-state index is 12.3. The Morgan fingerprint density at radius 1 is 1.47 bits per heavy atom. The van der Waals surface area contributed by atoms with Gasteiger partial charge in [0.05, 0.1) is 24.8 Å². The molecule has 0 bridgehead atoms. The number of rotatable bonds is 2. The molecule has 3 rings (SSSR count). The van der Waals surface area contributed by atoms with Crippen molar-refractivity contribution in [2.75, 3.05) is 13.1 Å². The van der Waals surface area contributed by atoms with Gasteiger partial charge in [0.15, 0.2) is 0 Å². The third kappa shape index (κ3) is 1.90. The maximum absolute atomic E-state index is 12.3. The average Bonchev–Trinajstić information content (AvgIpc) is 2.80. The van der Waals surface area contributed by atoms with E-state index >= 15 is 0 Å². The topological polar surface area (TPSA) is 69.2 Å². The summed E-state index contributed by atoms with van der Waals surface area (Å²) in [5.41, 5.74) is 0.751. The van der Waals surface area contributed by atoms with Gasteiger partial charge in [-0.3, -0.25) is 9.89 Å². The van der Waals surface area contributed by atoms with Crippen LogP contribution < -0.4 is 0 Å². The number of aliphatic hydroxyl groups is 1. The van der Waals surface area contributed by atoms with Gasteiger partial charge in [0.1, 0.15) is 5.60 Å². The fraction of sp³-hybridized carbons (Fsp3) is 0.429. The summed E-state index contributed by atoms with van der Waals surface area (Å²) in [5.74, 6) is 0.119. The van der Waals surface area contributed by atoms with Crippen molar-refractivity contribution in [3.8, 4) is 0 Å². The first kappa shape index (κ1) is 12.2. The molecule has 1 aliphatic rings. The number of hydrogen-bond donors (Lipinski definition) is 2. The molecule has 5 heteroatoms. The van der Waals surface area contributed by atoms with E-state index in [-0.39, 0.29) is 11.8 Å². The fourth-order valence-corrected chi connectivity index (χ4v) is 2.38. The van der Waals surface area contributed by atoms with Crippen LogP contribution in [-0.2, 0) is 0 Å². The van der Waals surface area contributed by atoms with Crippen molar-refractivity contribution in [3.63, 3.8) is 0 Å². The van der Waals surface area contributed by atoms with E-state index in [9.17, 15) is 9.90 Å². The number of β-amino-alcohol motifs (C(OH)–C–C–N with tert-alkyl or cyclic N) is 1. The number of amides is 1. The normalized spacial score (nSPS) is 17.8. The van der Waals surface area contributed by atoms with Crippen molar-refractivity contribution in [3.05, 3.63) is 30.0 Å². The molecule has 1 saturated heterocycles. The highest BCUT2D eigenvalue weighted by molar-refractivity contribution is 5.98. The van der Waals surface area contributed by atoms with E-state index in [1.807, 2.05) is 19.9 Å². The van der Waals surface area contributed by atoms with Crippen LogP contribution in [0.5, 0.6) is 0 Å². The Balaban J connectivity index is 1.78. The summed E-state index contributed by atoms with van der Waals surface area (Å²) in [6.07, 6.45) is 1.73. The van der Waals surface area contributed by atoms with Crippen LogP contribution in [0.3, 0.4) is 0 Å². The molecule has 19 heavy (non-hydrogen) atoms. The average molecular weight is 259 g/mol. The highest BCUT2D eigenvalue weighted by Crippen LogP contribution is 2.30. The molecule has 2 aromatic rings. The van der Waals surface area contributed by atoms with E-state index in [4.69, 9.17) is 0 Å². The van der Waals surface area contributed by atoms with Gasteiger partial charge in [-0.15, -0.1) is 0 Å². The minimum atomic E-state index is -0.728. The number of likely N-dealkylation sites (tertiary alicyclic amines) is 1. The first-order valence-electron chi connectivity index (χ1n) is 6.44. The fourth-order valence-electron chi connectivity index (χ4n) is 2.38. The van der Waals surface area contributed by atoms with Crippen LogP contribution in [0.25, 0.3) is 10.9 Å². The second-order valence-corrected chi connectivity index (χ2v) is 5.59. The molecule has 1 aliphatic heterocycles. The molecule has 0 atom stereocenters. The zero-order valence-corrected chi connectivity index (χ0v) is 11.1. The molecule has 5 nitrogen and oxygen atoms in total. The van der Waals surface area contributed by atoms with Gasteiger partial charge in [0, 0.05) is 10.9 Å². The van der Waals surface area contributed by atoms with Crippen LogP contribution in [0, 0.1) is 5.92 Å². The number of hydrogen-bond acceptors (Lipinski definition) is 3. The molecule has 0 spiro atoms. The quantitative estimate of drug-likeness (QED) is 0.856. The second kappa shape index (κ2) is 4.06. The number of nitrogens with zero attached hydrogens (tertiary/aromatic N) is 2. The largest absolute Gasteiger partial charge is 0.386 e. The van der Waals surface area contributed by atoms with Gasteiger partial charge in [-0.05, 0) is 18.1 Å². The summed E-state index contributed by atoms with van der Waals surface area (Å²) in [7, 11) is 0. The third-order valence-corrected chi connectivity index (χ3v) is 3.98. The predicted molar refractivity (Wildman–Crippen MR) is 71.8 cm³/mol. The molecule has 1 amide bonds. The molecule has 2 heterocycles. The van der Waals surface area contributed by atoms with E-state index < -0.39 is 5.60 Å². The van der Waals surface area contributed by atoms with Crippen LogP contribution >= 0.6 is 0 Å². The zero-order chi connectivity index (χ0) is 13.6. The van der Waals surface area contributed by atoms with E-state index in [0.717, 1.165) is 10.9 Å². The van der Waals surface area contributed by atoms with Crippen molar-refractivity contribution < 1.29 is 9.90 Å². The molecule has 0 unspecified atom stereocenters. The summed E-state index contributed by atoms with van der Waals surface area (Å²) in [4.78, 5) is 14.0. The van der Waals surface area contributed by atoms with Crippen LogP contribution in [0.4, 0.5) is 0 Å². The van der Waals surface area contributed by atoms with E-state index in [2.05, 4.69) is 10.2 Å². The van der Waals surface area contributed by atoms with Gasteiger partial charge in [0.2, 0.25) is 0 Å². The first-order valence-corrected chi connectivity index (χ1v) is 6.44. The lowest BCUT2D eigenvalue weighted by Gasteiger charge is -2.49. The van der Waals surface area contributed by atoms with E-state index in [0.29, 0.717) is 18.7 Å². The molecular formula is C14H17N3O2. The van der Waals surface area contributed by atoms with Crippen molar-refractivity contribution >= 4 is 16.8 Å². The lowest BCUT2D eigenvalue weighted by atomic mass is 9.82. The minimum Gasteiger partial charge on any atom is -0.386 e. The van der Waals surface area contributed by atoms with Gasteiger partial charge >= 0.3 is 0 Å². The Morgan fingerprint density at radius 3 is 2.89 bits per heavy atom. The summed E-state index contributed by atoms with van der Waals surface area (Å²) in [6, 6.07) is 5.48. The standard InChI is InChI=1S/C14H17N3O2/c1-9(2)14(19)7-17(8-14)13(18)10-3-4-11-6-15-16-12(11)5-10/h3-6,9,19H,7-8H2,1-2H3,(H,15,16). The monoisotopic (exact) mass is 259 g/mol. The minimum absolute atomic E-state index is 0.0400. The van der Waals surface area contributed by atoms with Crippen molar-refractivity contribution in [1.82, 2.24) is 15.1 Å². The smallest absolute Gasteiger partial charge is 0.254 e. The van der Waals surface area contributed by atoms with Gasteiger partial charge in [-0.1, -0.05) is 19.9 Å². The van der Waals surface area contributed by atoms with Gasteiger partial charge in [0.25, 0.3) is 5.91 Å². The number of nitrogens with one attached hydrogen (secondary N) is 1. The summed E-state index contributed by atoms with van der Waals surface area (Å²) in [5, 5.41) is 18.0. The lowest BCUT2D eigenvalue weighted by molar-refractivity contribution is -0.110. The Morgan fingerprint density at radius 2 is 2.21 bits per heavy atom. The maximum Gasteiger partial charge on any atom is 0.254 e. The predicted octanol–water partition coefficient (Wildman–Crippen LogP) is 1.41. The van der Waals surface area contributed by atoms with Crippen molar-refractivity contribution in [2.45, 2.75) is 19.4 Å². The summed E-state index contributed by atoms with van der Waals surface area (Å²) in [6.45, 7) is 4.76. The Labute approximate surface area is 111 Å². The van der Waals surface area contributed by atoms with Crippen LogP contribution in [-0.4, -0.2) is 44.8 Å². The Bertz CT molecular complexity index is 626. The number of carbonyl (C=O) groups excluding carboxylic acids is 1. The SMILES string of the molecule is CC(C)C1(O)CN(C(=O)c2ccc3cn[nH]c3c2)C1. The van der Waals surface area contributed by atoms with Crippen LogP contribution in [0.2, 0.25) is 0 Å². The number of aromatic nitrogens is 2. The van der Waals surface area contributed by atoms with Crippen molar-refractivity contribution in [2.24, 2.45) is 5.92 Å². The number of H-pyrrole nitrogens is 1. The Hall–Kier alpha value is -1.88. The molecule has 2 N–H and O–H groups in total. The second-order valence-electron chi connectivity index (χ2n) is 5.59. The first-order chi connectivity index (χ1) is 8.99. The molecule has 1 aromatic carbocycles. The third-order valence-electron chi connectivity index (χ3n) is 3.98. The number of benzene rings is 1.